The zero-order valence-electron chi connectivity index (χ0n) is 8.69. The van der Waals surface area contributed by atoms with E-state index in [2.05, 4.69) is 29.9 Å². The largest absolute Gasteiger partial charge is 0.315 e. The summed E-state index contributed by atoms with van der Waals surface area (Å²) in [5.74, 6) is 0. The molecule has 1 aliphatic heterocycles. The predicted molar refractivity (Wildman–Crippen MR) is 57.3 cm³/mol. The van der Waals surface area contributed by atoms with Crippen molar-refractivity contribution in [1.29, 1.82) is 0 Å². The Balaban J connectivity index is 2.30. The first-order chi connectivity index (χ1) is 5.58. The highest BCUT2D eigenvalue weighted by Gasteiger charge is 2.18. The van der Waals surface area contributed by atoms with Crippen LogP contribution in [-0.2, 0) is 0 Å². The van der Waals surface area contributed by atoms with Crippen LogP contribution in [0.4, 0.5) is 0 Å². The third kappa shape index (κ3) is 4.23. The summed E-state index contributed by atoms with van der Waals surface area (Å²) < 4.78 is 0. The zero-order chi connectivity index (χ0) is 9.03. The van der Waals surface area contributed by atoms with Crippen molar-refractivity contribution in [2.75, 3.05) is 32.3 Å². The first-order valence-electron chi connectivity index (χ1n) is 5.01. The lowest BCUT2D eigenvalue weighted by Gasteiger charge is -2.26. The van der Waals surface area contributed by atoms with Crippen LogP contribution in [0, 0.1) is 0 Å². The van der Waals surface area contributed by atoms with Crippen LogP contribution in [0.3, 0.4) is 0 Å². The van der Waals surface area contributed by atoms with Crippen LogP contribution in [-0.4, -0.2) is 45.3 Å². The SMILES string of the molecule is C[Si](C)(C)CN1CCCNCC1. The summed E-state index contributed by atoms with van der Waals surface area (Å²) in [6, 6.07) is 0. The second kappa shape index (κ2) is 4.39. The first-order valence-corrected chi connectivity index (χ1v) is 8.72. The summed E-state index contributed by atoms with van der Waals surface area (Å²) in [6.45, 7) is 12.3. The van der Waals surface area contributed by atoms with Gasteiger partial charge in [0.2, 0.25) is 0 Å². The molecule has 2 nitrogen and oxygen atoms in total. The van der Waals surface area contributed by atoms with Gasteiger partial charge in [-0.3, -0.25) is 0 Å². The molecule has 0 saturated carbocycles. The Morgan fingerprint density at radius 3 is 2.58 bits per heavy atom. The van der Waals surface area contributed by atoms with E-state index in [4.69, 9.17) is 0 Å². The molecule has 0 unspecified atom stereocenters. The van der Waals surface area contributed by atoms with E-state index in [9.17, 15) is 0 Å². The van der Waals surface area contributed by atoms with Crippen molar-refractivity contribution in [2.24, 2.45) is 0 Å². The minimum atomic E-state index is -0.869. The quantitative estimate of drug-likeness (QED) is 0.651. The van der Waals surface area contributed by atoms with Gasteiger partial charge in [-0.1, -0.05) is 19.6 Å². The molecule has 0 spiro atoms. The Morgan fingerprint density at radius 1 is 1.17 bits per heavy atom. The molecule has 1 fully saturated rings. The summed E-state index contributed by atoms with van der Waals surface area (Å²) in [5.41, 5.74) is 0. The van der Waals surface area contributed by atoms with Crippen molar-refractivity contribution in [2.45, 2.75) is 26.1 Å². The van der Waals surface area contributed by atoms with E-state index in [0.29, 0.717) is 0 Å². The van der Waals surface area contributed by atoms with Gasteiger partial charge in [-0.25, -0.2) is 0 Å². The van der Waals surface area contributed by atoms with Crippen LogP contribution in [0.2, 0.25) is 19.6 Å². The second-order valence-corrected chi connectivity index (χ2v) is 10.4. The van der Waals surface area contributed by atoms with Crippen molar-refractivity contribution >= 4 is 8.07 Å². The van der Waals surface area contributed by atoms with Gasteiger partial charge in [0.15, 0.2) is 0 Å². The van der Waals surface area contributed by atoms with Crippen LogP contribution in [0.25, 0.3) is 0 Å². The van der Waals surface area contributed by atoms with E-state index >= 15 is 0 Å². The van der Waals surface area contributed by atoms with Gasteiger partial charge in [0, 0.05) is 13.1 Å². The molecule has 0 aromatic heterocycles. The number of hydrogen-bond donors (Lipinski definition) is 1. The Morgan fingerprint density at radius 2 is 1.92 bits per heavy atom. The average molecular weight is 186 g/mol. The lowest BCUT2D eigenvalue weighted by atomic mass is 10.4. The molecular weight excluding hydrogens is 164 g/mol. The van der Waals surface area contributed by atoms with Crippen LogP contribution >= 0.6 is 0 Å². The van der Waals surface area contributed by atoms with E-state index in [-0.39, 0.29) is 0 Å². The fourth-order valence-corrected chi connectivity index (χ4v) is 3.39. The first kappa shape index (κ1) is 10.2. The maximum atomic E-state index is 3.44. The molecule has 3 heteroatoms. The van der Waals surface area contributed by atoms with E-state index in [1.807, 2.05) is 0 Å². The van der Waals surface area contributed by atoms with E-state index in [1.54, 1.807) is 0 Å². The Bertz CT molecular complexity index is 123. The molecule has 0 bridgehead atoms. The van der Waals surface area contributed by atoms with E-state index < -0.39 is 8.07 Å². The van der Waals surface area contributed by atoms with Gasteiger partial charge < -0.3 is 10.2 Å². The molecule has 0 amide bonds. The van der Waals surface area contributed by atoms with Gasteiger partial charge in [0.05, 0.1) is 8.07 Å². The highest BCUT2D eigenvalue weighted by Crippen LogP contribution is 2.05. The van der Waals surface area contributed by atoms with Crippen molar-refractivity contribution in [3.63, 3.8) is 0 Å². The van der Waals surface area contributed by atoms with Gasteiger partial charge in [-0.2, -0.15) is 0 Å². The van der Waals surface area contributed by atoms with Gasteiger partial charge in [0.25, 0.3) is 0 Å². The monoisotopic (exact) mass is 186 g/mol. The van der Waals surface area contributed by atoms with Crippen molar-refractivity contribution < 1.29 is 0 Å². The van der Waals surface area contributed by atoms with Gasteiger partial charge in [-0.05, 0) is 25.7 Å². The van der Waals surface area contributed by atoms with Crippen molar-refractivity contribution in [3.05, 3.63) is 0 Å². The number of nitrogens with zero attached hydrogens (tertiary/aromatic N) is 1. The smallest absolute Gasteiger partial charge is 0.0599 e. The number of rotatable bonds is 2. The molecule has 12 heavy (non-hydrogen) atoms. The maximum absolute atomic E-state index is 3.44. The van der Waals surface area contributed by atoms with Crippen LogP contribution < -0.4 is 5.32 Å². The van der Waals surface area contributed by atoms with Crippen LogP contribution in [0.1, 0.15) is 6.42 Å². The van der Waals surface area contributed by atoms with Gasteiger partial charge in [0.1, 0.15) is 0 Å². The number of hydrogen-bond acceptors (Lipinski definition) is 2. The maximum Gasteiger partial charge on any atom is 0.0599 e. The molecule has 0 aliphatic carbocycles. The van der Waals surface area contributed by atoms with Gasteiger partial charge in [-0.15, -0.1) is 0 Å². The third-order valence-electron chi connectivity index (χ3n) is 2.13. The van der Waals surface area contributed by atoms with Crippen LogP contribution in [0.15, 0.2) is 0 Å². The molecule has 0 radical (unpaired) electrons. The standard InChI is InChI=1S/C9H22N2Si/c1-12(2,3)9-11-7-4-5-10-6-8-11/h10H,4-9H2,1-3H3. The highest BCUT2D eigenvalue weighted by molar-refractivity contribution is 6.76. The van der Waals surface area contributed by atoms with E-state index in [0.717, 1.165) is 0 Å². The Hall–Kier alpha value is 0.137. The molecular formula is C9H22N2Si. The Kier molecular flexibility index (Phi) is 3.74. The van der Waals surface area contributed by atoms with Crippen LogP contribution in [0.5, 0.6) is 0 Å². The summed E-state index contributed by atoms with van der Waals surface area (Å²) >= 11 is 0. The fraction of sp³-hybridized carbons (Fsp3) is 1.00. The average Bonchev–Trinajstić information content (AvgIpc) is 2.12. The zero-order valence-corrected chi connectivity index (χ0v) is 9.69. The predicted octanol–water partition coefficient (Wildman–Crippen LogP) is 1.16. The number of nitrogens with one attached hydrogen (secondary N) is 1. The molecule has 1 N–H and O–H groups in total. The molecule has 1 rings (SSSR count). The lowest BCUT2D eigenvalue weighted by molar-refractivity contribution is 0.334. The molecule has 1 saturated heterocycles. The fourth-order valence-electron chi connectivity index (χ4n) is 1.73. The van der Waals surface area contributed by atoms with E-state index in [1.165, 1.54) is 38.8 Å². The molecule has 0 atom stereocenters. The molecule has 1 heterocycles. The topological polar surface area (TPSA) is 15.3 Å². The molecule has 0 aromatic rings. The normalized spacial score (nSPS) is 22.2. The minimum Gasteiger partial charge on any atom is -0.315 e. The summed E-state index contributed by atoms with van der Waals surface area (Å²) in [4.78, 5) is 2.63. The third-order valence-corrected chi connectivity index (χ3v) is 3.53. The summed E-state index contributed by atoms with van der Waals surface area (Å²) in [6.07, 6.45) is 2.69. The summed E-state index contributed by atoms with van der Waals surface area (Å²) in [7, 11) is -0.869. The second-order valence-electron chi connectivity index (χ2n) is 4.94. The summed E-state index contributed by atoms with van der Waals surface area (Å²) in [5, 5.41) is 3.44. The van der Waals surface area contributed by atoms with Gasteiger partial charge >= 0.3 is 0 Å². The van der Waals surface area contributed by atoms with Crippen molar-refractivity contribution in [1.82, 2.24) is 10.2 Å². The molecule has 0 aromatic carbocycles. The highest BCUT2D eigenvalue weighted by atomic mass is 28.3. The minimum absolute atomic E-state index is 0.869. The Labute approximate surface area is 77.3 Å². The lowest BCUT2D eigenvalue weighted by Crippen LogP contribution is -2.41. The molecule has 1 aliphatic rings. The van der Waals surface area contributed by atoms with Crippen molar-refractivity contribution in [3.8, 4) is 0 Å². The molecule has 72 valence electrons.